The number of hydrogen-bond acceptors (Lipinski definition) is 3. The van der Waals surface area contributed by atoms with Crippen LogP contribution in [-0.2, 0) is 11.3 Å². The van der Waals surface area contributed by atoms with Crippen molar-refractivity contribution in [1.29, 1.82) is 0 Å². The third-order valence-electron chi connectivity index (χ3n) is 2.78. The normalized spacial score (nSPS) is 12.3. The summed E-state index contributed by atoms with van der Waals surface area (Å²) >= 11 is 0. The number of nitrogens with zero attached hydrogens (tertiary/aromatic N) is 2. The van der Waals surface area contributed by atoms with Gasteiger partial charge in [0.25, 0.3) is 0 Å². The molecule has 0 spiro atoms. The van der Waals surface area contributed by atoms with Gasteiger partial charge in [0.2, 0.25) is 5.91 Å². The van der Waals surface area contributed by atoms with Crippen LogP contribution in [0.1, 0.15) is 6.42 Å². The van der Waals surface area contributed by atoms with Crippen molar-refractivity contribution in [2.45, 2.75) is 19.0 Å². The van der Waals surface area contributed by atoms with Crippen LogP contribution in [0.15, 0.2) is 42.7 Å². The number of aryl methyl sites for hydroxylation is 1. The van der Waals surface area contributed by atoms with Crippen LogP contribution < -0.4 is 11.5 Å². The van der Waals surface area contributed by atoms with E-state index in [4.69, 9.17) is 11.5 Å². The maximum Gasteiger partial charge on any atom is 0.234 e. The van der Waals surface area contributed by atoms with Crippen molar-refractivity contribution >= 4 is 5.91 Å². The second-order valence-corrected chi connectivity index (χ2v) is 4.16. The summed E-state index contributed by atoms with van der Waals surface area (Å²) in [6, 6.07) is 9.37. The smallest absolute Gasteiger partial charge is 0.234 e. The van der Waals surface area contributed by atoms with Gasteiger partial charge in [-0.1, -0.05) is 30.3 Å². The molecule has 5 nitrogen and oxygen atoms in total. The zero-order valence-electron chi connectivity index (χ0n) is 9.99. The predicted molar refractivity (Wildman–Crippen MR) is 69.4 cm³/mol. The highest BCUT2D eigenvalue weighted by Gasteiger charge is 2.09. The largest absolute Gasteiger partial charge is 0.368 e. The predicted octanol–water partition coefficient (Wildman–Crippen LogP) is 0.753. The van der Waals surface area contributed by atoms with Gasteiger partial charge in [-0.2, -0.15) is 5.10 Å². The number of hydrogen-bond donors (Lipinski definition) is 2. The van der Waals surface area contributed by atoms with Gasteiger partial charge in [0.1, 0.15) is 0 Å². The Kier molecular flexibility index (Phi) is 3.74. The Bertz CT molecular complexity index is 521. The standard InChI is InChI=1S/C13H16N4O/c14-12(13(15)18)6-7-17-9-11(8-16-17)10-4-2-1-3-5-10/h1-5,8-9,12H,6-7,14H2,(H2,15,18). The summed E-state index contributed by atoms with van der Waals surface area (Å²) in [6.45, 7) is 0.580. The van der Waals surface area contributed by atoms with Crippen LogP contribution in [0.2, 0.25) is 0 Å². The quantitative estimate of drug-likeness (QED) is 0.813. The van der Waals surface area contributed by atoms with Gasteiger partial charge in [-0.3, -0.25) is 9.48 Å². The van der Waals surface area contributed by atoms with Crippen molar-refractivity contribution in [2.24, 2.45) is 11.5 Å². The summed E-state index contributed by atoms with van der Waals surface area (Å²) in [5.74, 6) is -0.481. The molecule has 18 heavy (non-hydrogen) atoms. The van der Waals surface area contributed by atoms with E-state index in [9.17, 15) is 4.79 Å². The Balaban J connectivity index is 2.01. The topological polar surface area (TPSA) is 86.9 Å². The Labute approximate surface area is 105 Å². The molecular weight excluding hydrogens is 228 g/mol. The van der Waals surface area contributed by atoms with E-state index in [1.54, 1.807) is 10.9 Å². The Morgan fingerprint density at radius 2 is 2.00 bits per heavy atom. The molecule has 0 fully saturated rings. The van der Waals surface area contributed by atoms with E-state index >= 15 is 0 Å². The van der Waals surface area contributed by atoms with Crippen molar-refractivity contribution in [3.63, 3.8) is 0 Å². The van der Waals surface area contributed by atoms with Crippen molar-refractivity contribution < 1.29 is 4.79 Å². The fourth-order valence-electron chi connectivity index (χ4n) is 1.68. The summed E-state index contributed by atoms with van der Waals surface area (Å²) in [7, 11) is 0. The summed E-state index contributed by atoms with van der Waals surface area (Å²) < 4.78 is 1.77. The van der Waals surface area contributed by atoms with Crippen molar-refractivity contribution in [2.75, 3.05) is 0 Å². The highest BCUT2D eigenvalue weighted by atomic mass is 16.1. The zero-order chi connectivity index (χ0) is 13.0. The number of amides is 1. The third kappa shape index (κ3) is 2.95. The van der Waals surface area contributed by atoms with Crippen molar-refractivity contribution in [3.8, 4) is 11.1 Å². The molecule has 1 amide bonds. The molecule has 1 unspecified atom stereocenters. The lowest BCUT2D eigenvalue weighted by Gasteiger charge is -2.06. The molecule has 1 atom stereocenters. The first-order valence-electron chi connectivity index (χ1n) is 5.79. The molecule has 2 aromatic rings. The Hall–Kier alpha value is -2.14. The van der Waals surface area contributed by atoms with Crippen LogP contribution >= 0.6 is 0 Å². The number of benzene rings is 1. The summed E-state index contributed by atoms with van der Waals surface area (Å²) in [6.07, 6.45) is 4.22. The molecule has 2 rings (SSSR count). The molecule has 94 valence electrons. The highest BCUT2D eigenvalue weighted by Crippen LogP contribution is 2.17. The molecule has 1 aromatic carbocycles. The highest BCUT2D eigenvalue weighted by molar-refractivity contribution is 5.79. The van der Waals surface area contributed by atoms with Crippen molar-refractivity contribution in [1.82, 2.24) is 9.78 Å². The second-order valence-electron chi connectivity index (χ2n) is 4.16. The van der Waals surface area contributed by atoms with Gasteiger partial charge in [0.05, 0.1) is 12.2 Å². The minimum Gasteiger partial charge on any atom is -0.368 e. The van der Waals surface area contributed by atoms with E-state index in [2.05, 4.69) is 5.10 Å². The number of primary amides is 1. The van der Waals surface area contributed by atoms with Crippen LogP contribution in [0.3, 0.4) is 0 Å². The molecule has 0 saturated carbocycles. The molecule has 5 heteroatoms. The number of rotatable bonds is 5. The van der Waals surface area contributed by atoms with Crippen LogP contribution in [-0.4, -0.2) is 21.7 Å². The van der Waals surface area contributed by atoms with Crippen LogP contribution in [0, 0.1) is 0 Å². The SMILES string of the molecule is NC(=O)C(N)CCn1cc(-c2ccccc2)cn1. The average Bonchev–Trinajstić information content (AvgIpc) is 2.85. The van der Waals surface area contributed by atoms with Crippen LogP contribution in [0.5, 0.6) is 0 Å². The number of aromatic nitrogens is 2. The maximum absolute atomic E-state index is 10.8. The monoisotopic (exact) mass is 244 g/mol. The van der Waals surface area contributed by atoms with E-state index < -0.39 is 11.9 Å². The fraction of sp³-hybridized carbons (Fsp3) is 0.231. The minimum absolute atomic E-state index is 0.481. The minimum atomic E-state index is -0.616. The van der Waals surface area contributed by atoms with Gasteiger partial charge in [-0.05, 0) is 12.0 Å². The number of nitrogens with two attached hydrogens (primary N) is 2. The summed E-state index contributed by atoms with van der Waals surface area (Å²) in [5, 5.41) is 4.23. The van der Waals surface area contributed by atoms with Gasteiger partial charge in [-0.25, -0.2) is 0 Å². The first kappa shape index (κ1) is 12.3. The maximum atomic E-state index is 10.8. The molecule has 0 saturated heterocycles. The lowest BCUT2D eigenvalue weighted by Crippen LogP contribution is -2.37. The summed E-state index contributed by atoms with van der Waals surface area (Å²) in [5.41, 5.74) is 12.8. The first-order chi connectivity index (χ1) is 8.66. The number of carbonyl (C=O) groups is 1. The Morgan fingerprint density at radius 3 is 2.67 bits per heavy atom. The van der Waals surface area contributed by atoms with Crippen LogP contribution in [0.25, 0.3) is 11.1 Å². The zero-order valence-corrected chi connectivity index (χ0v) is 9.99. The fourth-order valence-corrected chi connectivity index (χ4v) is 1.68. The van der Waals surface area contributed by atoms with Crippen LogP contribution in [0.4, 0.5) is 0 Å². The third-order valence-corrected chi connectivity index (χ3v) is 2.78. The molecule has 1 heterocycles. The number of carbonyl (C=O) groups excluding carboxylic acids is 1. The van der Waals surface area contributed by atoms with Gasteiger partial charge in [0, 0.05) is 18.3 Å². The van der Waals surface area contributed by atoms with Gasteiger partial charge < -0.3 is 11.5 Å². The van der Waals surface area contributed by atoms with E-state index in [-0.39, 0.29) is 0 Å². The molecule has 0 radical (unpaired) electrons. The Morgan fingerprint density at radius 1 is 1.28 bits per heavy atom. The first-order valence-corrected chi connectivity index (χ1v) is 5.79. The van der Waals surface area contributed by atoms with E-state index in [1.807, 2.05) is 36.5 Å². The van der Waals surface area contributed by atoms with Gasteiger partial charge in [0.15, 0.2) is 0 Å². The van der Waals surface area contributed by atoms with Gasteiger partial charge >= 0.3 is 0 Å². The second kappa shape index (κ2) is 5.46. The molecule has 0 bridgehead atoms. The van der Waals surface area contributed by atoms with E-state index in [0.29, 0.717) is 13.0 Å². The molecule has 0 aliphatic carbocycles. The summed E-state index contributed by atoms with van der Waals surface area (Å²) in [4.78, 5) is 10.8. The van der Waals surface area contributed by atoms with E-state index in [0.717, 1.165) is 11.1 Å². The lowest BCUT2D eigenvalue weighted by molar-refractivity contribution is -0.119. The molecule has 0 aliphatic rings. The average molecular weight is 244 g/mol. The van der Waals surface area contributed by atoms with E-state index in [1.165, 1.54) is 0 Å². The molecule has 0 aliphatic heterocycles. The molecular formula is C13H16N4O. The van der Waals surface area contributed by atoms with Gasteiger partial charge in [-0.15, -0.1) is 0 Å². The molecule has 4 N–H and O–H groups in total. The molecule has 1 aromatic heterocycles. The lowest BCUT2D eigenvalue weighted by atomic mass is 10.1. The van der Waals surface area contributed by atoms with Crippen molar-refractivity contribution in [3.05, 3.63) is 42.7 Å².